The molecule has 1 aromatic rings. The highest BCUT2D eigenvalue weighted by Gasteiger charge is 2.54. The van der Waals surface area contributed by atoms with Crippen molar-refractivity contribution in [3.8, 4) is 0 Å². The number of fused-ring (bicyclic) bond motifs is 2. The van der Waals surface area contributed by atoms with Gasteiger partial charge in [0.2, 0.25) is 0 Å². The average Bonchev–Trinajstić information content (AvgIpc) is 2.91. The molecule has 1 fully saturated rings. The predicted molar refractivity (Wildman–Crippen MR) is 66.8 cm³/mol. The molecule has 1 atom stereocenters. The molecule has 0 radical (unpaired) electrons. The van der Waals surface area contributed by atoms with E-state index >= 15 is 0 Å². The number of urea groups is 1. The lowest BCUT2D eigenvalue weighted by atomic mass is 9.80. The van der Waals surface area contributed by atoms with Gasteiger partial charge in [-0.05, 0) is 30.7 Å². The summed E-state index contributed by atoms with van der Waals surface area (Å²) in [6.07, 6.45) is 2.23. The number of amides is 3. The van der Waals surface area contributed by atoms with Crippen molar-refractivity contribution in [3.63, 3.8) is 0 Å². The number of thiophene rings is 1. The van der Waals surface area contributed by atoms with Gasteiger partial charge in [0.05, 0.1) is 0 Å². The Labute approximate surface area is 113 Å². The van der Waals surface area contributed by atoms with Crippen molar-refractivity contribution < 1.29 is 19.5 Å². The highest BCUT2D eigenvalue weighted by atomic mass is 32.1. The Morgan fingerprint density at radius 2 is 2.32 bits per heavy atom. The summed E-state index contributed by atoms with van der Waals surface area (Å²) in [6.45, 7) is -0.591. The van der Waals surface area contributed by atoms with E-state index in [0.29, 0.717) is 6.42 Å². The molecule has 1 unspecified atom stereocenters. The number of nitrogens with one attached hydrogen (secondary N) is 1. The van der Waals surface area contributed by atoms with E-state index in [9.17, 15) is 14.4 Å². The van der Waals surface area contributed by atoms with E-state index in [1.807, 2.05) is 11.4 Å². The molecule has 0 saturated carbocycles. The molecular weight excluding hydrogens is 268 g/mol. The van der Waals surface area contributed by atoms with Crippen LogP contribution in [0.2, 0.25) is 0 Å². The van der Waals surface area contributed by atoms with E-state index in [4.69, 9.17) is 5.11 Å². The molecule has 1 spiro atoms. The fourth-order valence-electron chi connectivity index (χ4n) is 2.82. The van der Waals surface area contributed by atoms with Gasteiger partial charge < -0.3 is 10.4 Å². The molecule has 100 valence electrons. The summed E-state index contributed by atoms with van der Waals surface area (Å²) in [4.78, 5) is 37.0. The summed E-state index contributed by atoms with van der Waals surface area (Å²) in [5.74, 6) is -1.64. The topological polar surface area (TPSA) is 86.7 Å². The Balaban J connectivity index is 2.02. The molecule has 2 N–H and O–H groups in total. The lowest BCUT2D eigenvalue weighted by Gasteiger charge is -2.31. The fraction of sp³-hybridized carbons (Fsp3) is 0.417. The van der Waals surface area contributed by atoms with Gasteiger partial charge in [0, 0.05) is 10.4 Å². The van der Waals surface area contributed by atoms with Crippen LogP contribution in [0.5, 0.6) is 0 Å². The van der Waals surface area contributed by atoms with Crippen molar-refractivity contribution >= 4 is 29.2 Å². The van der Waals surface area contributed by atoms with Crippen LogP contribution in [0.3, 0.4) is 0 Å². The number of rotatable bonds is 2. The summed E-state index contributed by atoms with van der Waals surface area (Å²) in [5, 5.41) is 13.4. The zero-order valence-electron chi connectivity index (χ0n) is 10.0. The third-order valence-electron chi connectivity index (χ3n) is 3.63. The molecule has 1 aromatic heterocycles. The first kappa shape index (κ1) is 12.2. The van der Waals surface area contributed by atoms with E-state index in [2.05, 4.69) is 5.32 Å². The van der Waals surface area contributed by atoms with Gasteiger partial charge in [0.1, 0.15) is 12.1 Å². The molecule has 6 nitrogen and oxygen atoms in total. The van der Waals surface area contributed by atoms with Gasteiger partial charge in [-0.15, -0.1) is 11.3 Å². The Morgan fingerprint density at radius 3 is 3.05 bits per heavy atom. The van der Waals surface area contributed by atoms with E-state index in [-0.39, 0.29) is 0 Å². The first-order chi connectivity index (χ1) is 9.04. The Morgan fingerprint density at radius 1 is 1.53 bits per heavy atom. The second-order valence-corrected chi connectivity index (χ2v) is 5.73. The van der Waals surface area contributed by atoms with Gasteiger partial charge in [-0.3, -0.25) is 14.5 Å². The molecule has 3 amide bonds. The van der Waals surface area contributed by atoms with Crippen molar-refractivity contribution in [2.45, 2.75) is 24.8 Å². The lowest BCUT2D eigenvalue weighted by molar-refractivity contribution is -0.143. The number of carbonyl (C=O) groups is 3. The summed E-state index contributed by atoms with van der Waals surface area (Å²) in [6, 6.07) is 1.23. The molecule has 0 bridgehead atoms. The van der Waals surface area contributed by atoms with Gasteiger partial charge in [-0.25, -0.2) is 4.79 Å². The second-order valence-electron chi connectivity index (χ2n) is 4.73. The fourth-order valence-corrected chi connectivity index (χ4v) is 3.82. The largest absolute Gasteiger partial charge is 0.480 e. The minimum absolute atomic E-state index is 0.445. The number of nitrogens with zero attached hydrogens (tertiary/aromatic N) is 1. The zero-order valence-corrected chi connectivity index (χ0v) is 10.8. The highest BCUT2D eigenvalue weighted by molar-refractivity contribution is 7.10. The smallest absolute Gasteiger partial charge is 0.325 e. The minimum atomic E-state index is -1.19. The number of hydrogen-bond donors (Lipinski definition) is 2. The van der Waals surface area contributed by atoms with Crippen LogP contribution in [0.25, 0.3) is 0 Å². The minimum Gasteiger partial charge on any atom is -0.480 e. The molecule has 2 aliphatic rings. The third kappa shape index (κ3) is 1.65. The Hall–Kier alpha value is -1.89. The summed E-state index contributed by atoms with van der Waals surface area (Å²) >= 11 is 1.57. The van der Waals surface area contributed by atoms with Crippen molar-refractivity contribution in [2.75, 3.05) is 6.54 Å². The molecular formula is C12H12N2O4S. The van der Waals surface area contributed by atoms with Crippen molar-refractivity contribution in [1.82, 2.24) is 10.2 Å². The summed E-state index contributed by atoms with van der Waals surface area (Å²) < 4.78 is 0. The molecule has 1 aliphatic heterocycles. The van der Waals surface area contributed by atoms with E-state index < -0.39 is 30.0 Å². The monoisotopic (exact) mass is 280 g/mol. The SMILES string of the molecule is O=C(O)CN1C(=O)NC2(CCCc3sccc32)C1=O. The van der Waals surface area contributed by atoms with Gasteiger partial charge in [0.25, 0.3) is 5.91 Å². The maximum atomic E-state index is 12.5. The number of aliphatic carboxylic acids is 1. The average molecular weight is 280 g/mol. The van der Waals surface area contributed by atoms with Crippen LogP contribution in [0, 0.1) is 0 Å². The highest BCUT2D eigenvalue weighted by Crippen LogP contribution is 2.41. The number of carboxylic acids is 1. The summed E-state index contributed by atoms with van der Waals surface area (Å²) in [5.41, 5.74) is -0.213. The molecule has 3 rings (SSSR count). The van der Waals surface area contributed by atoms with Crippen molar-refractivity contribution in [2.24, 2.45) is 0 Å². The van der Waals surface area contributed by atoms with Gasteiger partial charge in [-0.2, -0.15) is 0 Å². The molecule has 1 aliphatic carbocycles. The molecule has 0 aromatic carbocycles. The maximum absolute atomic E-state index is 12.5. The number of carboxylic acid groups (broad SMARTS) is 1. The van der Waals surface area contributed by atoms with Crippen molar-refractivity contribution in [1.29, 1.82) is 0 Å². The lowest BCUT2D eigenvalue weighted by Crippen LogP contribution is -2.46. The predicted octanol–water partition coefficient (Wildman–Crippen LogP) is 0.916. The molecule has 1 saturated heterocycles. The first-order valence-electron chi connectivity index (χ1n) is 5.97. The van der Waals surface area contributed by atoms with E-state index in [1.165, 1.54) is 0 Å². The quantitative estimate of drug-likeness (QED) is 0.789. The van der Waals surface area contributed by atoms with Crippen LogP contribution in [0.4, 0.5) is 4.79 Å². The van der Waals surface area contributed by atoms with Crippen LogP contribution >= 0.6 is 11.3 Å². The standard InChI is InChI=1S/C12H12N2O4S/c15-9(16)6-14-10(17)12(13-11(14)18)4-1-2-8-7(12)3-5-19-8/h3,5H,1-2,4,6H2,(H,13,18)(H,15,16). The van der Waals surface area contributed by atoms with Gasteiger partial charge in [-0.1, -0.05) is 0 Å². The number of aryl methyl sites for hydroxylation is 1. The van der Waals surface area contributed by atoms with Crippen LogP contribution < -0.4 is 5.32 Å². The second kappa shape index (κ2) is 4.06. The maximum Gasteiger partial charge on any atom is 0.325 e. The molecule has 7 heteroatoms. The van der Waals surface area contributed by atoms with Crippen LogP contribution in [-0.2, 0) is 21.5 Å². The van der Waals surface area contributed by atoms with Gasteiger partial charge in [0.15, 0.2) is 0 Å². The number of imide groups is 1. The Kier molecular flexibility index (Phi) is 2.60. The summed E-state index contributed by atoms with van der Waals surface area (Å²) in [7, 11) is 0. The van der Waals surface area contributed by atoms with Crippen molar-refractivity contribution in [3.05, 3.63) is 21.9 Å². The van der Waals surface area contributed by atoms with Crippen LogP contribution in [0.15, 0.2) is 11.4 Å². The van der Waals surface area contributed by atoms with E-state index in [1.54, 1.807) is 11.3 Å². The van der Waals surface area contributed by atoms with Crippen LogP contribution in [-0.4, -0.2) is 34.5 Å². The van der Waals surface area contributed by atoms with E-state index in [0.717, 1.165) is 28.2 Å². The third-order valence-corrected chi connectivity index (χ3v) is 4.61. The first-order valence-corrected chi connectivity index (χ1v) is 6.85. The van der Waals surface area contributed by atoms with Crippen LogP contribution in [0.1, 0.15) is 23.3 Å². The molecule has 19 heavy (non-hydrogen) atoms. The zero-order chi connectivity index (χ0) is 13.6. The van der Waals surface area contributed by atoms with Gasteiger partial charge >= 0.3 is 12.0 Å². The normalized spacial score (nSPS) is 25.6. The number of carbonyl (C=O) groups excluding carboxylic acids is 2. The number of hydrogen-bond acceptors (Lipinski definition) is 4. The molecule has 2 heterocycles. The Bertz CT molecular complexity index is 582.